The van der Waals surface area contributed by atoms with Crippen LogP contribution in [-0.4, -0.2) is 44.7 Å². The number of nitrogens with one attached hydrogen (secondary N) is 1. The SMILES string of the molecule is COc1ccccc1C(C)NC(=O)CN(C)Cc1ccc2c(c1)OCCO2. The molecule has 1 aliphatic heterocycles. The molecule has 27 heavy (non-hydrogen) atoms. The zero-order valence-corrected chi connectivity index (χ0v) is 16.0. The standard InChI is InChI=1S/C21H26N2O4/c1-15(17-6-4-5-7-18(17)25-3)22-21(24)14-23(2)13-16-8-9-19-20(12-16)27-11-10-26-19/h4-9,12,15H,10-11,13-14H2,1-3H3,(H,22,24). The average Bonchev–Trinajstić information content (AvgIpc) is 2.67. The van der Waals surface area contributed by atoms with Gasteiger partial charge in [-0.2, -0.15) is 0 Å². The fraction of sp³-hybridized carbons (Fsp3) is 0.381. The van der Waals surface area contributed by atoms with Crippen molar-refractivity contribution in [2.24, 2.45) is 0 Å². The molecule has 1 atom stereocenters. The lowest BCUT2D eigenvalue weighted by Gasteiger charge is -2.22. The fourth-order valence-electron chi connectivity index (χ4n) is 3.19. The molecular weight excluding hydrogens is 344 g/mol. The van der Waals surface area contributed by atoms with Gasteiger partial charge < -0.3 is 19.5 Å². The highest BCUT2D eigenvalue weighted by Gasteiger charge is 2.16. The molecule has 2 aromatic carbocycles. The Bertz CT molecular complexity index is 794. The van der Waals surface area contributed by atoms with Crippen LogP contribution in [0.4, 0.5) is 0 Å². The lowest BCUT2D eigenvalue weighted by molar-refractivity contribution is -0.122. The number of nitrogens with zero attached hydrogens (tertiary/aromatic N) is 1. The van der Waals surface area contributed by atoms with Crippen LogP contribution in [0.5, 0.6) is 17.2 Å². The molecule has 144 valence electrons. The van der Waals surface area contributed by atoms with E-state index in [9.17, 15) is 4.79 Å². The van der Waals surface area contributed by atoms with Crippen LogP contribution in [0.1, 0.15) is 24.1 Å². The van der Waals surface area contributed by atoms with Gasteiger partial charge in [0.15, 0.2) is 11.5 Å². The number of carbonyl (C=O) groups excluding carboxylic acids is 1. The predicted octanol–water partition coefficient (Wildman–Crippen LogP) is 2.78. The molecule has 0 saturated carbocycles. The van der Waals surface area contributed by atoms with E-state index in [4.69, 9.17) is 14.2 Å². The van der Waals surface area contributed by atoms with Crippen LogP contribution in [0.2, 0.25) is 0 Å². The first-order chi connectivity index (χ1) is 13.1. The second kappa shape index (κ2) is 8.77. The summed E-state index contributed by atoms with van der Waals surface area (Å²) in [7, 11) is 3.55. The summed E-state index contributed by atoms with van der Waals surface area (Å²) in [6, 6.07) is 13.5. The van der Waals surface area contributed by atoms with E-state index in [1.807, 2.05) is 61.3 Å². The molecule has 0 fully saturated rings. The summed E-state index contributed by atoms with van der Waals surface area (Å²) in [5.41, 5.74) is 2.04. The number of benzene rings is 2. The molecule has 0 radical (unpaired) electrons. The highest BCUT2D eigenvalue weighted by atomic mass is 16.6. The van der Waals surface area contributed by atoms with Crippen LogP contribution in [0.15, 0.2) is 42.5 Å². The van der Waals surface area contributed by atoms with Crippen molar-refractivity contribution in [3.8, 4) is 17.2 Å². The van der Waals surface area contributed by atoms with Crippen molar-refractivity contribution in [3.05, 3.63) is 53.6 Å². The number of para-hydroxylation sites is 1. The van der Waals surface area contributed by atoms with Crippen LogP contribution >= 0.6 is 0 Å². The molecule has 1 heterocycles. The van der Waals surface area contributed by atoms with Crippen molar-refractivity contribution >= 4 is 5.91 Å². The van der Waals surface area contributed by atoms with Crippen molar-refractivity contribution in [2.75, 3.05) is 33.9 Å². The minimum atomic E-state index is -0.128. The van der Waals surface area contributed by atoms with Crippen LogP contribution < -0.4 is 19.5 Å². The summed E-state index contributed by atoms with van der Waals surface area (Å²) in [6.45, 7) is 4.05. The zero-order chi connectivity index (χ0) is 19.2. The maximum atomic E-state index is 12.4. The van der Waals surface area contributed by atoms with E-state index in [2.05, 4.69) is 5.32 Å². The number of carbonyl (C=O) groups is 1. The van der Waals surface area contributed by atoms with Crippen LogP contribution in [0, 0.1) is 0 Å². The third-order valence-electron chi connectivity index (χ3n) is 4.46. The van der Waals surface area contributed by atoms with Crippen LogP contribution in [0.25, 0.3) is 0 Å². The molecule has 6 nitrogen and oxygen atoms in total. The number of ether oxygens (including phenoxy) is 3. The topological polar surface area (TPSA) is 60.0 Å². The molecule has 1 N–H and O–H groups in total. The van der Waals surface area contributed by atoms with Gasteiger partial charge in [0.05, 0.1) is 19.7 Å². The Morgan fingerprint density at radius 1 is 1.19 bits per heavy atom. The summed E-state index contributed by atoms with van der Waals surface area (Å²) in [4.78, 5) is 14.4. The van der Waals surface area contributed by atoms with Gasteiger partial charge in [-0.15, -0.1) is 0 Å². The molecule has 1 amide bonds. The minimum Gasteiger partial charge on any atom is -0.496 e. The van der Waals surface area contributed by atoms with Crippen molar-refractivity contribution in [2.45, 2.75) is 19.5 Å². The quantitative estimate of drug-likeness (QED) is 0.812. The number of amides is 1. The number of hydrogen-bond donors (Lipinski definition) is 1. The van der Waals surface area contributed by atoms with Gasteiger partial charge in [-0.05, 0) is 37.7 Å². The normalized spacial score (nSPS) is 13.9. The van der Waals surface area contributed by atoms with E-state index in [-0.39, 0.29) is 11.9 Å². The molecule has 0 bridgehead atoms. The molecule has 0 spiro atoms. The Labute approximate surface area is 160 Å². The largest absolute Gasteiger partial charge is 0.496 e. The second-order valence-electron chi connectivity index (χ2n) is 6.68. The van der Waals surface area contributed by atoms with Gasteiger partial charge in [-0.1, -0.05) is 24.3 Å². The average molecular weight is 370 g/mol. The summed E-state index contributed by atoms with van der Waals surface area (Å²) in [5, 5.41) is 3.03. The molecule has 1 aliphatic rings. The Kier molecular flexibility index (Phi) is 6.19. The first-order valence-corrected chi connectivity index (χ1v) is 9.06. The molecular formula is C21H26N2O4. The van der Waals surface area contributed by atoms with Crippen molar-refractivity contribution in [1.29, 1.82) is 0 Å². The second-order valence-corrected chi connectivity index (χ2v) is 6.68. The summed E-state index contributed by atoms with van der Waals surface area (Å²) < 4.78 is 16.5. The smallest absolute Gasteiger partial charge is 0.234 e. The van der Waals surface area contributed by atoms with E-state index in [0.29, 0.717) is 26.3 Å². The van der Waals surface area contributed by atoms with Crippen molar-refractivity contribution < 1.29 is 19.0 Å². The Balaban J connectivity index is 1.54. The zero-order valence-electron chi connectivity index (χ0n) is 16.0. The molecule has 3 rings (SSSR count). The molecule has 1 unspecified atom stereocenters. The lowest BCUT2D eigenvalue weighted by atomic mass is 10.1. The van der Waals surface area contributed by atoms with Gasteiger partial charge in [0, 0.05) is 12.1 Å². The van der Waals surface area contributed by atoms with Gasteiger partial charge >= 0.3 is 0 Å². The molecule has 2 aromatic rings. The van der Waals surface area contributed by atoms with E-state index in [0.717, 1.165) is 28.4 Å². The highest BCUT2D eigenvalue weighted by molar-refractivity contribution is 5.78. The number of rotatable bonds is 7. The molecule has 0 aliphatic carbocycles. The summed E-state index contributed by atoms with van der Waals surface area (Å²) in [6.07, 6.45) is 0. The van der Waals surface area contributed by atoms with E-state index < -0.39 is 0 Å². The van der Waals surface area contributed by atoms with Gasteiger partial charge in [-0.3, -0.25) is 9.69 Å². The van der Waals surface area contributed by atoms with Crippen molar-refractivity contribution in [3.63, 3.8) is 0 Å². The molecule has 0 aromatic heterocycles. The third kappa shape index (κ3) is 4.92. The van der Waals surface area contributed by atoms with E-state index in [1.54, 1.807) is 7.11 Å². The van der Waals surface area contributed by atoms with Gasteiger partial charge in [-0.25, -0.2) is 0 Å². The highest BCUT2D eigenvalue weighted by Crippen LogP contribution is 2.31. The monoisotopic (exact) mass is 370 g/mol. The number of hydrogen-bond acceptors (Lipinski definition) is 5. The number of fused-ring (bicyclic) bond motifs is 1. The van der Waals surface area contributed by atoms with Crippen LogP contribution in [-0.2, 0) is 11.3 Å². The van der Waals surface area contributed by atoms with E-state index >= 15 is 0 Å². The summed E-state index contributed by atoms with van der Waals surface area (Å²) >= 11 is 0. The Morgan fingerprint density at radius 3 is 2.70 bits per heavy atom. The predicted molar refractivity (Wildman–Crippen MR) is 103 cm³/mol. The number of likely N-dealkylation sites (N-methyl/N-ethyl adjacent to an activating group) is 1. The van der Waals surface area contributed by atoms with Crippen molar-refractivity contribution in [1.82, 2.24) is 10.2 Å². The third-order valence-corrected chi connectivity index (χ3v) is 4.46. The van der Waals surface area contributed by atoms with Gasteiger partial charge in [0.1, 0.15) is 19.0 Å². The number of methoxy groups -OCH3 is 1. The Hall–Kier alpha value is -2.73. The Morgan fingerprint density at radius 2 is 1.93 bits per heavy atom. The van der Waals surface area contributed by atoms with Crippen LogP contribution in [0.3, 0.4) is 0 Å². The lowest BCUT2D eigenvalue weighted by Crippen LogP contribution is -2.36. The summed E-state index contributed by atoms with van der Waals surface area (Å²) in [5.74, 6) is 2.28. The van der Waals surface area contributed by atoms with E-state index in [1.165, 1.54) is 0 Å². The molecule has 0 saturated heterocycles. The minimum absolute atomic E-state index is 0.0338. The van der Waals surface area contributed by atoms with Gasteiger partial charge in [0.2, 0.25) is 5.91 Å². The van der Waals surface area contributed by atoms with Gasteiger partial charge in [0.25, 0.3) is 0 Å². The first kappa shape index (κ1) is 19.0. The first-order valence-electron chi connectivity index (χ1n) is 9.06. The molecule has 6 heteroatoms. The fourth-order valence-corrected chi connectivity index (χ4v) is 3.19. The maximum absolute atomic E-state index is 12.4. The maximum Gasteiger partial charge on any atom is 0.234 e.